The number of hydrogen-bond acceptors (Lipinski definition) is 5. The van der Waals surface area contributed by atoms with Gasteiger partial charge in [-0.2, -0.15) is 0 Å². The number of benzene rings is 1. The molecule has 2 rings (SSSR count). The Hall–Kier alpha value is -3.26. The maximum Gasteiger partial charge on any atom is 0.247 e. The largest absolute Gasteiger partial charge is 0.383 e. The first-order valence-corrected chi connectivity index (χ1v) is 11.0. The highest BCUT2D eigenvalue weighted by atomic mass is 16.5. The fourth-order valence-corrected chi connectivity index (χ4v) is 3.25. The Bertz CT molecular complexity index is 924. The zero-order valence-electron chi connectivity index (χ0n) is 20.1. The first kappa shape index (κ1) is 26.0. The summed E-state index contributed by atoms with van der Waals surface area (Å²) in [7, 11) is 1.54. The smallest absolute Gasteiger partial charge is 0.247 e. The van der Waals surface area contributed by atoms with Crippen molar-refractivity contribution in [2.75, 3.05) is 25.6 Å². The predicted octanol–water partition coefficient (Wildman–Crippen LogP) is 3.24. The first-order valence-electron chi connectivity index (χ1n) is 11.0. The van der Waals surface area contributed by atoms with E-state index in [-0.39, 0.29) is 43.7 Å². The van der Waals surface area contributed by atoms with E-state index in [1.54, 1.807) is 31.5 Å². The van der Waals surface area contributed by atoms with Crippen LogP contribution in [0.3, 0.4) is 0 Å². The van der Waals surface area contributed by atoms with Crippen molar-refractivity contribution in [3.8, 4) is 0 Å². The molecule has 2 aromatic rings. The minimum Gasteiger partial charge on any atom is -0.383 e. The third-order valence-electron chi connectivity index (χ3n) is 4.81. The highest BCUT2D eigenvalue weighted by Gasteiger charge is 2.33. The van der Waals surface area contributed by atoms with Gasteiger partial charge in [-0.1, -0.05) is 35.9 Å². The third kappa shape index (κ3) is 8.65. The number of nitrogens with zero attached hydrogens (tertiary/aromatic N) is 2. The summed E-state index contributed by atoms with van der Waals surface area (Å²) in [5, 5.41) is 5.66. The van der Waals surface area contributed by atoms with Gasteiger partial charge < -0.3 is 20.3 Å². The van der Waals surface area contributed by atoms with E-state index in [0.717, 1.165) is 5.56 Å². The van der Waals surface area contributed by atoms with E-state index in [1.165, 1.54) is 4.90 Å². The van der Waals surface area contributed by atoms with E-state index < -0.39 is 11.6 Å². The molecule has 1 atom stereocenters. The molecule has 1 aromatic carbocycles. The summed E-state index contributed by atoms with van der Waals surface area (Å²) in [6, 6.07) is 11.9. The van der Waals surface area contributed by atoms with Crippen LogP contribution in [-0.2, 0) is 19.1 Å². The normalized spacial score (nSPS) is 12.0. The number of amides is 3. The van der Waals surface area contributed by atoms with Gasteiger partial charge in [0.1, 0.15) is 11.9 Å². The molecule has 1 unspecified atom stereocenters. The molecule has 8 heteroatoms. The molecule has 0 aliphatic rings. The number of carbonyl (C=O) groups is 3. The Morgan fingerprint density at radius 3 is 2.33 bits per heavy atom. The molecule has 8 nitrogen and oxygen atoms in total. The summed E-state index contributed by atoms with van der Waals surface area (Å²) in [6.07, 6.45) is 1.50. The number of ether oxygens (including phenoxy) is 1. The SMILES string of the molecule is COCCN(C(=O)CCC(=O)Nc1ccccn1)C(C(=O)NC(C)(C)C)c1ccc(C)cc1. The van der Waals surface area contributed by atoms with E-state index >= 15 is 0 Å². The maximum absolute atomic E-state index is 13.3. The lowest BCUT2D eigenvalue weighted by Gasteiger charge is -2.33. The van der Waals surface area contributed by atoms with E-state index in [9.17, 15) is 14.4 Å². The second-order valence-electron chi connectivity index (χ2n) is 8.90. The first-order chi connectivity index (χ1) is 15.6. The van der Waals surface area contributed by atoms with Gasteiger partial charge in [-0.25, -0.2) is 4.98 Å². The van der Waals surface area contributed by atoms with Crippen LogP contribution in [0, 0.1) is 6.92 Å². The summed E-state index contributed by atoms with van der Waals surface area (Å²) in [4.78, 5) is 44.4. The molecule has 0 spiro atoms. The lowest BCUT2D eigenvalue weighted by molar-refractivity contribution is -0.142. The molecule has 0 saturated carbocycles. The lowest BCUT2D eigenvalue weighted by atomic mass is 10.00. The van der Waals surface area contributed by atoms with E-state index in [4.69, 9.17) is 4.74 Å². The number of nitrogens with one attached hydrogen (secondary N) is 2. The number of carbonyl (C=O) groups excluding carboxylic acids is 3. The summed E-state index contributed by atoms with van der Waals surface area (Å²) in [5.74, 6) is -0.486. The molecule has 0 fully saturated rings. The predicted molar refractivity (Wildman–Crippen MR) is 128 cm³/mol. The van der Waals surface area contributed by atoms with Crippen molar-refractivity contribution >= 4 is 23.5 Å². The van der Waals surface area contributed by atoms with Crippen LogP contribution in [0.1, 0.15) is 50.8 Å². The highest BCUT2D eigenvalue weighted by molar-refractivity contribution is 5.94. The van der Waals surface area contributed by atoms with Crippen LogP contribution in [0.15, 0.2) is 48.7 Å². The molecule has 178 valence electrons. The standard InChI is InChI=1S/C25H34N4O4/c1-18-9-11-19(12-10-18)23(24(32)28-25(2,3)4)29(16-17-33-5)22(31)14-13-21(30)27-20-8-6-7-15-26-20/h6-12,15,23H,13-14,16-17H2,1-5H3,(H,28,32)(H,26,27,30). The molecule has 0 bridgehead atoms. The number of aryl methyl sites for hydroxylation is 1. The van der Waals surface area contributed by atoms with Gasteiger partial charge in [-0.15, -0.1) is 0 Å². The van der Waals surface area contributed by atoms with Crippen LogP contribution >= 0.6 is 0 Å². The average Bonchev–Trinajstić information content (AvgIpc) is 2.75. The molecular formula is C25H34N4O4. The van der Waals surface area contributed by atoms with Gasteiger partial charge in [-0.05, 0) is 45.4 Å². The van der Waals surface area contributed by atoms with Crippen molar-refractivity contribution < 1.29 is 19.1 Å². The van der Waals surface area contributed by atoms with Gasteiger partial charge in [-0.3, -0.25) is 14.4 Å². The van der Waals surface area contributed by atoms with Crippen molar-refractivity contribution in [3.63, 3.8) is 0 Å². The van der Waals surface area contributed by atoms with Crippen LogP contribution in [0.4, 0.5) is 5.82 Å². The summed E-state index contributed by atoms with van der Waals surface area (Å²) in [6.45, 7) is 8.10. The molecule has 1 heterocycles. The van der Waals surface area contributed by atoms with Crippen molar-refractivity contribution in [2.24, 2.45) is 0 Å². The highest BCUT2D eigenvalue weighted by Crippen LogP contribution is 2.24. The van der Waals surface area contributed by atoms with E-state index in [0.29, 0.717) is 11.4 Å². The fourth-order valence-electron chi connectivity index (χ4n) is 3.25. The topological polar surface area (TPSA) is 101 Å². The van der Waals surface area contributed by atoms with Crippen LogP contribution in [0.2, 0.25) is 0 Å². The molecule has 0 aliphatic heterocycles. The fraction of sp³-hybridized carbons (Fsp3) is 0.440. The van der Waals surface area contributed by atoms with Gasteiger partial charge >= 0.3 is 0 Å². The molecule has 2 N–H and O–H groups in total. The third-order valence-corrected chi connectivity index (χ3v) is 4.81. The monoisotopic (exact) mass is 454 g/mol. The van der Waals surface area contributed by atoms with E-state index in [1.807, 2.05) is 52.0 Å². The summed E-state index contributed by atoms with van der Waals surface area (Å²) >= 11 is 0. The average molecular weight is 455 g/mol. The molecule has 0 saturated heterocycles. The molecule has 3 amide bonds. The van der Waals surface area contributed by atoms with Gasteiger partial charge in [0.25, 0.3) is 0 Å². The number of rotatable bonds is 10. The Morgan fingerprint density at radius 2 is 1.76 bits per heavy atom. The van der Waals surface area contributed by atoms with Crippen LogP contribution in [0.5, 0.6) is 0 Å². The van der Waals surface area contributed by atoms with Crippen molar-refractivity contribution in [1.82, 2.24) is 15.2 Å². The quantitative estimate of drug-likeness (QED) is 0.574. The maximum atomic E-state index is 13.3. The summed E-state index contributed by atoms with van der Waals surface area (Å²) < 4.78 is 5.20. The molecule has 1 aromatic heterocycles. The van der Waals surface area contributed by atoms with Crippen LogP contribution < -0.4 is 10.6 Å². The Kier molecular flexibility index (Phi) is 9.54. The lowest BCUT2D eigenvalue weighted by Crippen LogP contribution is -2.50. The molecular weight excluding hydrogens is 420 g/mol. The van der Waals surface area contributed by atoms with Crippen molar-refractivity contribution in [3.05, 3.63) is 59.8 Å². The minimum absolute atomic E-state index is 0.0274. The molecule has 0 aliphatic carbocycles. The summed E-state index contributed by atoms with van der Waals surface area (Å²) in [5.41, 5.74) is 1.28. The number of hydrogen-bond donors (Lipinski definition) is 2. The second kappa shape index (κ2) is 12.1. The second-order valence-corrected chi connectivity index (χ2v) is 8.90. The zero-order chi connectivity index (χ0) is 24.4. The van der Waals surface area contributed by atoms with Crippen molar-refractivity contribution in [2.45, 2.75) is 52.1 Å². The van der Waals surface area contributed by atoms with Crippen LogP contribution in [0.25, 0.3) is 0 Å². The minimum atomic E-state index is -0.841. The van der Waals surface area contributed by atoms with Gasteiger partial charge in [0.05, 0.1) is 6.61 Å². The molecule has 0 radical (unpaired) electrons. The zero-order valence-corrected chi connectivity index (χ0v) is 20.1. The number of methoxy groups -OCH3 is 1. The number of pyridine rings is 1. The van der Waals surface area contributed by atoms with Crippen LogP contribution in [-0.4, -0.2) is 53.4 Å². The van der Waals surface area contributed by atoms with Gasteiger partial charge in [0.2, 0.25) is 17.7 Å². The van der Waals surface area contributed by atoms with Crippen molar-refractivity contribution in [1.29, 1.82) is 0 Å². The Balaban J connectivity index is 2.23. The van der Waals surface area contributed by atoms with Gasteiger partial charge in [0, 0.05) is 38.2 Å². The number of anilines is 1. The number of aromatic nitrogens is 1. The Morgan fingerprint density at radius 1 is 1.06 bits per heavy atom. The van der Waals surface area contributed by atoms with Gasteiger partial charge in [0.15, 0.2) is 0 Å². The van der Waals surface area contributed by atoms with E-state index in [2.05, 4.69) is 15.6 Å². The Labute approximate surface area is 195 Å². The molecule has 33 heavy (non-hydrogen) atoms.